The Morgan fingerprint density at radius 3 is 2.80 bits per heavy atom. The molecule has 0 saturated heterocycles. The van der Waals surface area contributed by atoms with Gasteiger partial charge in [-0.3, -0.25) is 4.79 Å². The van der Waals surface area contributed by atoms with Crippen molar-refractivity contribution in [3.8, 4) is 0 Å². The molecule has 3 N–H and O–H groups in total. The van der Waals surface area contributed by atoms with Crippen molar-refractivity contribution in [3.05, 3.63) is 52.6 Å². The fourth-order valence-electron chi connectivity index (χ4n) is 1.98. The maximum atomic E-state index is 12.2. The molecular weight excluding hydrogens is 252 g/mol. The van der Waals surface area contributed by atoms with Crippen LogP contribution in [-0.2, 0) is 13.1 Å². The number of nitrogens with two attached hydrogens (primary N) is 1. The Kier molecular flexibility index (Phi) is 4.40. The maximum Gasteiger partial charge on any atom is 0.293 e. The Morgan fingerprint density at radius 1 is 1.35 bits per heavy atom. The summed E-state index contributed by atoms with van der Waals surface area (Å²) in [6.07, 6.45) is 3.35. The standard InChI is InChI=1S/C15H20N4O/c1-11(2)10-19-8-7-17-14(15(19)20)18-9-12-5-3-4-6-13(12)16/h3-8,11H,9-10,16H2,1-2H3,(H,17,18). The van der Waals surface area contributed by atoms with Gasteiger partial charge in [0.1, 0.15) is 0 Å². The summed E-state index contributed by atoms with van der Waals surface area (Å²) in [7, 11) is 0. The zero-order valence-electron chi connectivity index (χ0n) is 11.8. The molecule has 0 saturated carbocycles. The van der Waals surface area contributed by atoms with Crippen LogP contribution in [0.5, 0.6) is 0 Å². The maximum absolute atomic E-state index is 12.2. The molecule has 5 heteroatoms. The number of anilines is 2. The van der Waals surface area contributed by atoms with Gasteiger partial charge in [-0.25, -0.2) is 4.98 Å². The highest BCUT2D eigenvalue weighted by Crippen LogP contribution is 2.11. The lowest BCUT2D eigenvalue weighted by atomic mass is 10.2. The molecule has 1 aromatic carbocycles. The van der Waals surface area contributed by atoms with Gasteiger partial charge in [0, 0.05) is 31.2 Å². The molecule has 0 aliphatic carbocycles. The number of nitrogens with zero attached hydrogens (tertiary/aromatic N) is 2. The van der Waals surface area contributed by atoms with E-state index in [-0.39, 0.29) is 5.56 Å². The van der Waals surface area contributed by atoms with E-state index >= 15 is 0 Å². The van der Waals surface area contributed by atoms with Crippen molar-refractivity contribution in [1.29, 1.82) is 0 Å². The van der Waals surface area contributed by atoms with Crippen LogP contribution in [0.2, 0.25) is 0 Å². The zero-order chi connectivity index (χ0) is 14.5. The van der Waals surface area contributed by atoms with Crippen LogP contribution >= 0.6 is 0 Å². The van der Waals surface area contributed by atoms with Gasteiger partial charge in [-0.1, -0.05) is 32.0 Å². The first kappa shape index (κ1) is 14.1. The first-order chi connectivity index (χ1) is 9.58. The molecule has 0 fully saturated rings. The predicted octanol–water partition coefficient (Wildman–Crippen LogP) is 2.09. The van der Waals surface area contributed by atoms with E-state index in [0.29, 0.717) is 30.5 Å². The number of benzene rings is 1. The molecule has 0 aliphatic heterocycles. The lowest BCUT2D eigenvalue weighted by molar-refractivity contribution is 0.509. The number of hydrogen-bond donors (Lipinski definition) is 2. The molecule has 0 bridgehead atoms. The Labute approximate surface area is 118 Å². The van der Waals surface area contributed by atoms with E-state index in [1.165, 1.54) is 0 Å². The van der Waals surface area contributed by atoms with E-state index in [1.807, 2.05) is 24.3 Å². The Hall–Kier alpha value is -2.30. The van der Waals surface area contributed by atoms with Crippen molar-refractivity contribution in [2.45, 2.75) is 26.9 Å². The van der Waals surface area contributed by atoms with Crippen LogP contribution in [0.1, 0.15) is 19.4 Å². The average molecular weight is 272 g/mol. The lowest BCUT2D eigenvalue weighted by Crippen LogP contribution is -2.26. The molecule has 1 aromatic heterocycles. The second-order valence-corrected chi connectivity index (χ2v) is 5.18. The summed E-state index contributed by atoms with van der Waals surface area (Å²) in [6.45, 7) is 5.32. The van der Waals surface area contributed by atoms with Gasteiger partial charge in [0.05, 0.1) is 0 Å². The van der Waals surface area contributed by atoms with Crippen LogP contribution in [0.25, 0.3) is 0 Å². The monoisotopic (exact) mass is 272 g/mol. The first-order valence-electron chi connectivity index (χ1n) is 6.70. The summed E-state index contributed by atoms with van der Waals surface area (Å²) in [5.74, 6) is 0.768. The molecule has 2 aromatic rings. The van der Waals surface area contributed by atoms with Gasteiger partial charge >= 0.3 is 0 Å². The van der Waals surface area contributed by atoms with Gasteiger partial charge < -0.3 is 15.6 Å². The topological polar surface area (TPSA) is 72.9 Å². The van der Waals surface area contributed by atoms with Gasteiger partial charge in [-0.05, 0) is 17.5 Å². The molecule has 0 aliphatic rings. The summed E-state index contributed by atoms with van der Waals surface area (Å²) in [4.78, 5) is 16.3. The SMILES string of the molecule is CC(C)Cn1ccnc(NCc2ccccc2N)c1=O. The summed E-state index contributed by atoms with van der Waals surface area (Å²) < 4.78 is 1.67. The average Bonchev–Trinajstić information content (AvgIpc) is 2.41. The van der Waals surface area contributed by atoms with Crippen LogP contribution in [0.15, 0.2) is 41.5 Å². The summed E-state index contributed by atoms with van der Waals surface area (Å²) in [5.41, 5.74) is 7.43. The van der Waals surface area contributed by atoms with E-state index in [1.54, 1.807) is 17.0 Å². The third-order valence-electron chi connectivity index (χ3n) is 2.98. The quantitative estimate of drug-likeness (QED) is 0.817. The molecule has 0 spiro atoms. The van der Waals surface area contributed by atoms with E-state index < -0.39 is 0 Å². The number of nitrogens with one attached hydrogen (secondary N) is 1. The van der Waals surface area contributed by atoms with Crippen LogP contribution in [0.3, 0.4) is 0 Å². The number of aromatic nitrogens is 2. The molecular formula is C15H20N4O. The van der Waals surface area contributed by atoms with Crippen molar-refractivity contribution >= 4 is 11.5 Å². The Morgan fingerprint density at radius 2 is 2.10 bits per heavy atom. The third kappa shape index (κ3) is 3.38. The van der Waals surface area contributed by atoms with Gasteiger partial charge in [-0.2, -0.15) is 0 Å². The minimum Gasteiger partial charge on any atom is -0.398 e. The van der Waals surface area contributed by atoms with Crippen LogP contribution < -0.4 is 16.6 Å². The zero-order valence-corrected chi connectivity index (χ0v) is 11.8. The highest BCUT2D eigenvalue weighted by Gasteiger charge is 2.06. The fourth-order valence-corrected chi connectivity index (χ4v) is 1.98. The lowest BCUT2D eigenvalue weighted by Gasteiger charge is -2.11. The Balaban J connectivity index is 2.14. The molecule has 1 heterocycles. The normalized spacial score (nSPS) is 10.8. The fraction of sp³-hybridized carbons (Fsp3) is 0.333. The smallest absolute Gasteiger partial charge is 0.293 e. The molecule has 0 radical (unpaired) electrons. The van der Waals surface area contributed by atoms with Crippen molar-refractivity contribution in [3.63, 3.8) is 0 Å². The number of rotatable bonds is 5. The largest absolute Gasteiger partial charge is 0.398 e. The van der Waals surface area contributed by atoms with Crippen molar-refractivity contribution < 1.29 is 0 Å². The van der Waals surface area contributed by atoms with Crippen molar-refractivity contribution in [2.24, 2.45) is 5.92 Å². The number of hydrogen-bond acceptors (Lipinski definition) is 4. The van der Waals surface area contributed by atoms with Crippen LogP contribution in [0.4, 0.5) is 11.5 Å². The summed E-state index contributed by atoms with van der Waals surface area (Å²) >= 11 is 0. The minimum atomic E-state index is -0.101. The molecule has 0 unspecified atom stereocenters. The second kappa shape index (κ2) is 6.23. The van der Waals surface area contributed by atoms with E-state index in [4.69, 9.17) is 5.73 Å². The second-order valence-electron chi connectivity index (χ2n) is 5.18. The summed E-state index contributed by atoms with van der Waals surface area (Å²) in [5, 5.41) is 3.06. The van der Waals surface area contributed by atoms with E-state index in [0.717, 1.165) is 5.56 Å². The summed E-state index contributed by atoms with van der Waals surface area (Å²) in [6, 6.07) is 7.57. The van der Waals surface area contributed by atoms with Gasteiger partial charge in [0.2, 0.25) is 0 Å². The predicted molar refractivity (Wildman–Crippen MR) is 81.5 cm³/mol. The first-order valence-corrected chi connectivity index (χ1v) is 6.70. The van der Waals surface area contributed by atoms with Crippen LogP contribution in [-0.4, -0.2) is 9.55 Å². The van der Waals surface area contributed by atoms with Gasteiger partial charge in [0.15, 0.2) is 5.82 Å². The third-order valence-corrected chi connectivity index (χ3v) is 2.98. The molecule has 5 nitrogen and oxygen atoms in total. The highest BCUT2D eigenvalue weighted by atomic mass is 16.1. The number of nitrogen functional groups attached to an aromatic ring is 1. The molecule has 0 amide bonds. The van der Waals surface area contributed by atoms with Crippen LogP contribution in [0, 0.1) is 5.92 Å². The molecule has 2 rings (SSSR count). The van der Waals surface area contributed by atoms with Crippen molar-refractivity contribution in [2.75, 3.05) is 11.1 Å². The van der Waals surface area contributed by atoms with Gasteiger partial charge in [0.25, 0.3) is 5.56 Å². The highest BCUT2D eigenvalue weighted by molar-refractivity contribution is 5.48. The minimum absolute atomic E-state index is 0.101. The Bertz CT molecular complexity index is 634. The number of para-hydroxylation sites is 1. The van der Waals surface area contributed by atoms with E-state index in [2.05, 4.69) is 24.1 Å². The molecule has 20 heavy (non-hydrogen) atoms. The van der Waals surface area contributed by atoms with Gasteiger partial charge in [-0.15, -0.1) is 0 Å². The van der Waals surface area contributed by atoms with E-state index in [9.17, 15) is 4.79 Å². The molecule has 0 atom stereocenters. The van der Waals surface area contributed by atoms with Crippen molar-refractivity contribution in [1.82, 2.24) is 9.55 Å². The molecule has 106 valence electrons.